The van der Waals surface area contributed by atoms with Gasteiger partial charge in [-0.1, -0.05) is 12.1 Å². The van der Waals surface area contributed by atoms with Gasteiger partial charge in [0.15, 0.2) is 11.5 Å². The van der Waals surface area contributed by atoms with Crippen LogP contribution in [0.1, 0.15) is 26.3 Å². The second-order valence-electron chi connectivity index (χ2n) is 5.84. The molecule has 0 heterocycles. The number of benzene rings is 2. The molecule has 0 bridgehead atoms. The van der Waals surface area contributed by atoms with E-state index >= 15 is 0 Å². The average Bonchev–Trinajstić information content (AvgIpc) is 2.62. The predicted octanol–water partition coefficient (Wildman–Crippen LogP) is 3.57. The maximum atomic E-state index is 12.8. The summed E-state index contributed by atoms with van der Waals surface area (Å²) in [5.74, 6) is 0.302. The molecule has 2 aromatic rings. The SMILES string of the molecule is COc1cc(NC(=O)c2cccc(C)c2I)c(C(=O)N(C)C)cc1OC. The van der Waals surface area contributed by atoms with Crippen molar-refractivity contribution in [2.45, 2.75) is 6.92 Å². The number of aryl methyl sites for hydroxylation is 1. The third kappa shape index (κ3) is 4.09. The third-order valence-electron chi connectivity index (χ3n) is 3.84. The molecule has 7 heteroatoms. The molecule has 26 heavy (non-hydrogen) atoms. The second kappa shape index (κ2) is 8.39. The van der Waals surface area contributed by atoms with Crippen molar-refractivity contribution in [2.75, 3.05) is 33.6 Å². The van der Waals surface area contributed by atoms with E-state index in [1.54, 1.807) is 32.3 Å². The first-order valence-corrected chi connectivity index (χ1v) is 8.92. The predicted molar refractivity (Wildman–Crippen MR) is 109 cm³/mol. The summed E-state index contributed by atoms with van der Waals surface area (Å²) in [6.45, 7) is 1.94. The largest absolute Gasteiger partial charge is 0.493 e. The van der Waals surface area contributed by atoms with Gasteiger partial charge in [-0.2, -0.15) is 0 Å². The molecule has 0 spiro atoms. The van der Waals surface area contributed by atoms with Gasteiger partial charge in [0, 0.05) is 23.7 Å². The number of rotatable bonds is 5. The van der Waals surface area contributed by atoms with E-state index in [9.17, 15) is 9.59 Å². The molecule has 2 amide bonds. The Morgan fingerprint density at radius 3 is 2.23 bits per heavy atom. The number of nitrogens with one attached hydrogen (secondary N) is 1. The molecule has 0 aromatic heterocycles. The van der Waals surface area contributed by atoms with Crippen LogP contribution in [0.2, 0.25) is 0 Å². The summed E-state index contributed by atoms with van der Waals surface area (Å²) in [6.07, 6.45) is 0. The van der Waals surface area contributed by atoms with E-state index in [0.717, 1.165) is 9.13 Å². The Balaban J connectivity index is 2.51. The Labute approximate surface area is 166 Å². The smallest absolute Gasteiger partial charge is 0.256 e. The Morgan fingerprint density at radius 1 is 1.04 bits per heavy atom. The average molecular weight is 468 g/mol. The normalized spacial score (nSPS) is 10.2. The van der Waals surface area contributed by atoms with Crippen molar-refractivity contribution >= 4 is 40.1 Å². The van der Waals surface area contributed by atoms with E-state index in [1.807, 2.05) is 19.1 Å². The Hall–Kier alpha value is -2.29. The van der Waals surface area contributed by atoms with Gasteiger partial charge in [0.05, 0.1) is 31.0 Å². The van der Waals surface area contributed by atoms with Gasteiger partial charge in [-0.3, -0.25) is 9.59 Å². The fourth-order valence-electron chi connectivity index (χ4n) is 2.41. The van der Waals surface area contributed by atoms with Crippen molar-refractivity contribution in [3.05, 3.63) is 50.6 Å². The van der Waals surface area contributed by atoms with Gasteiger partial charge < -0.3 is 19.7 Å². The number of nitrogens with zero attached hydrogens (tertiary/aromatic N) is 1. The van der Waals surface area contributed by atoms with Crippen LogP contribution in [-0.4, -0.2) is 45.0 Å². The minimum atomic E-state index is -0.293. The zero-order valence-corrected chi connectivity index (χ0v) is 17.5. The lowest BCUT2D eigenvalue weighted by molar-refractivity contribution is 0.0828. The van der Waals surface area contributed by atoms with Crippen LogP contribution in [0, 0.1) is 10.5 Å². The van der Waals surface area contributed by atoms with Crippen molar-refractivity contribution in [1.82, 2.24) is 4.90 Å². The summed E-state index contributed by atoms with van der Waals surface area (Å²) in [6, 6.07) is 8.68. The van der Waals surface area contributed by atoms with Gasteiger partial charge in [0.1, 0.15) is 0 Å². The van der Waals surface area contributed by atoms with Gasteiger partial charge in [-0.15, -0.1) is 0 Å². The minimum Gasteiger partial charge on any atom is -0.493 e. The van der Waals surface area contributed by atoms with Crippen LogP contribution in [0.25, 0.3) is 0 Å². The van der Waals surface area contributed by atoms with Crippen molar-refractivity contribution < 1.29 is 19.1 Å². The van der Waals surface area contributed by atoms with E-state index in [1.165, 1.54) is 19.1 Å². The number of halogens is 1. The van der Waals surface area contributed by atoms with Gasteiger partial charge >= 0.3 is 0 Å². The molecule has 1 N–H and O–H groups in total. The number of carbonyl (C=O) groups excluding carboxylic acids is 2. The summed E-state index contributed by atoms with van der Waals surface area (Å²) in [4.78, 5) is 26.8. The maximum absolute atomic E-state index is 12.8. The van der Waals surface area contributed by atoms with Crippen molar-refractivity contribution in [1.29, 1.82) is 0 Å². The van der Waals surface area contributed by atoms with E-state index in [4.69, 9.17) is 9.47 Å². The molecule has 0 fully saturated rings. The number of hydrogen-bond acceptors (Lipinski definition) is 4. The van der Waals surface area contributed by atoms with Crippen molar-refractivity contribution in [2.24, 2.45) is 0 Å². The zero-order chi connectivity index (χ0) is 19.4. The monoisotopic (exact) mass is 468 g/mol. The van der Waals surface area contributed by atoms with Crippen LogP contribution >= 0.6 is 22.6 Å². The highest BCUT2D eigenvalue weighted by Gasteiger charge is 2.21. The number of ether oxygens (including phenoxy) is 2. The van der Waals surface area contributed by atoms with Crippen LogP contribution in [0.15, 0.2) is 30.3 Å². The highest BCUT2D eigenvalue weighted by atomic mass is 127. The molecule has 0 saturated carbocycles. The molecule has 2 rings (SSSR count). The third-order valence-corrected chi connectivity index (χ3v) is 5.28. The second-order valence-corrected chi connectivity index (χ2v) is 6.92. The molecule has 0 radical (unpaired) electrons. The fraction of sp³-hybridized carbons (Fsp3) is 0.263. The first-order valence-electron chi connectivity index (χ1n) is 7.84. The van der Waals surface area contributed by atoms with E-state index in [0.29, 0.717) is 28.3 Å². The number of methoxy groups -OCH3 is 2. The number of carbonyl (C=O) groups is 2. The zero-order valence-electron chi connectivity index (χ0n) is 15.3. The molecule has 0 atom stereocenters. The molecule has 0 saturated heterocycles. The van der Waals surface area contributed by atoms with E-state index < -0.39 is 0 Å². The first-order chi connectivity index (χ1) is 12.3. The summed E-state index contributed by atoms with van der Waals surface area (Å²) < 4.78 is 11.4. The number of amides is 2. The van der Waals surface area contributed by atoms with Crippen LogP contribution in [0.5, 0.6) is 11.5 Å². The van der Waals surface area contributed by atoms with Crippen LogP contribution in [-0.2, 0) is 0 Å². The Kier molecular flexibility index (Phi) is 6.47. The van der Waals surface area contributed by atoms with Crippen molar-refractivity contribution in [3.63, 3.8) is 0 Å². The quantitative estimate of drug-likeness (QED) is 0.682. The summed E-state index contributed by atoms with van der Waals surface area (Å²) in [5, 5.41) is 2.83. The van der Waals surface area contributed by atoms with Gasteiger partial charge in [-0.05, 0) is 47.2 Å². The Bertz CT molecular complexity index is 850. The van der Waals surface area contributed by atoms with Crippen LogP contribution < -0.4 is 14.8 Å². The highest BCUT2D eigenvalue weighted by molar-refractivity contribution is 14.1. The first kappa shape index (κ1) is 20.0. The summed E-state index contributed by atoms with van der Waals surface area (Å²) in [7, 11) is 6.29. The molecule has 0 aliphatic heterocycles. The van der Waals surface area contributed by atoms with E-state index in [-0.39, 0.29) is 11.8 Å². The summed E-state index contributed by atoms with van der Waals surface area (Å²) in [5.41, 5.74) is 2.24. The highest BCUT2D eigenvalue weighted by Crippen LogP contribution is 2.34. The van der Waals surface area contributed by atoms with Crippen LogP contribution in [0.4, 0.5) is 5.69 Å². The lowest BCUT2D eigenvalue weighted by atomic mass is 10.1. The molecular weight excluding hydrogens is 447 g/mol. The number of hydrogen-bond donors (Lipinski definition) is 1. The van der Waals surface area contributed by atoms with Gasteiger partial charge in [0.2, 0.25) is 0 Å². The fourth-order valence-corrected chi connectivity index (χ4v) is 3.02. The van der Waals surface area contributed by atoms with E-state index in [2.05, 4.69) is 27.9 Å². The van der Waals surface area contributed by atoms with Gasteiger partial charge in [-0.25, -0.2) is 0 Å². The standard InChI is InChI=1S/C19H21IN2O4/c1-11-7-6-8-12(17(11)20)18(23)21-14-10-16(26-5)15(25-4)9-13(14)19(24)22(2)3/h6-10H,1-5H3,(H,21,23). The lowest BCUT2D eigenvalue weighted by Gasteiger charge is -2.18. The summed E-state index contributed by atoms with van der Waals surface area (Å²) >= 11 is 2.14. The maximum Gasteiger partial charge on any atom is 0.256 e. The molecule has 0 aliphatic carbocycles. The topological polar surface area (TPSA) is 67.9 Å². The minimum absolute atomic E-state index is 0.250. The number of anilines is 1. The molecule has 138 valence electrons. The molecule has 2 aromatic carbocycles. The Morgan fingerprint density at radius 2 is 1.65 bits per heavy atom. The lowest BCUT2D eigenvalue weighted by Crippen LogP contribution is -2.24. The molecule has 0 unspecified atom stereocenters. The molecule has 6 nitrogen and oxygen atoms in total. The van der Waals surface area contributed by atoms with Gasteiger partial charge in [0.25, 0.3) is 11.8 Å². The molecular formula is C19H21IN2O4. The molecule has 0 aliphatic rings. The van der Waals surface area contributed by atoms with Crippen LogP contribution in [0.3, 0.4) is 0 Å². The van der Waals surface area contributed by atoms with Crippen molar-refractivity contribution in [3.8, 4) is 11.5 Å².